The van der Waals surface area contributed by atoms with Crippen LogP contribution in [-0.2, 0) is 11.2 Å². The fraction of sp³-hybridized carbons (Fsp3) is 0.308. The molecule has 0 radical (unpaired) electrons. The number of amides is 1. The van der Waals surface area contributed by atoms with Gasteiger partial charge in [0.15, 0.2) is 5.43 Å². The number of thioether (sulfide) groups is 1. The average molecular weight is 481 g/mol. The Labute approximate surface area is 202 Å². The topological polar surface area (TPSA) is 51.5 Å². The summed E-state index contributed by atoms with van der Waals surface area (Å²) in [7, 11) is 1.77. The zero-order chi connectivity index (χ0) is 23.1. The molecule has 2 aliphatic heterocycles. The molecule has 2 aromatic carbocycles. The van der Waals surface area contributed by atoms with Gasteiger partial charge in [0.2, 0.25) is 0 Å². The van der Waals surface area contributed by atoms with Crippen molar-refractivity contribution in [1.82, 2.24) is 9.47 Å². The number of hydrogen-bond acceptors (Lipinski definition) is 4. The van der Waals surface area contributed by atoms with E-state index in [0.29, 0.717) is 24.7 Å². The first kappa shape index (κ1) is 22.3. The first-order chi connectivity index (χ1) is 15.9. The highest BCUT2D eigenvalue weighted by Gasteiger charge is 2.33. The van der Waals surface area contributed by atoms with Crippen molar-refractivity contribution in [2.75, 3.05) is 20.3 Å². The highest BCUT2D eigenvalue weighted by atomic mass is 35.5. The Morgan fingerprint density at radius 1 is 1.18 bits per heavy atom. The number of carbonyl (C=O) groups excluding carboxylic acids is 1. The minimum Gasteiger partial charge on any atom is -0.379 e. The van der Waals surface area contributed by atoms with Crippen LogP contribution in [-0.4, -0.2) is 41.7 Å². The molecule has 3 aromatic rings. The van der Waals surface area contributed by atoms with E-state index in [1.54, 1.807) is 29.8 Å². The number of pyridine rings is 1. The van der Waals surface area contributed by atoms with Crippen LogP contribution in [0.3, 0.4) is 0 Å². The molecule has 5 rings (SSSR count). The van der Waals surface area contributed by atoms with Crippen LogP contribution >= 0.6 is 23.4 Å². The summed E-state index contributed by atoms with van der Waals surface area (Å²) < 4.78 is 7.55. The van der Waals surface area contributed by atoms with E-state index in [-0.39, 0.29) is 28.2 Å². The van der Waals surface area contributed by atoms with Gasteiger partial charge in [0.25, 0.3) is 5.91 Å². The highest BCUT2D eigenvalue weighted by molar-refractivity contribution is 7.99. The maximum Gasteiger partial charge on any atom is 0.259 e. The molecule has 0 spiro atoms. The number of likely N-dealkylation sites (N-methyl/N-ethyl adjacent to an activating group) is 1. The van der Waals surface area contributed by atoms with E-state index in [1.807, 2.05) is 43.3 Å². The lowest BCUT2D eigenvalue weighted by molar-refractivity contribution is 0.0708. The van der Waals surface area contributed by atoms with Crippen molar-refractivity contribution >= 4 is 29.3 Å². The fourth-order valence-electron chi connectivity index (χ4n) is 4.71. The lowest BCUT2D eigenvalue weighted by atomic mass is 10.0. The maximum atomic E-state index is 13.7. The van der Waals surface area contributed by atoms with Crippen LogP contribution < -0.4 is 5.43 Å². The predicted molar refractivity (Wildman–Crippen MR) is 132 cm³/mol. The van der Waals surface area contributed by atoms with Crippen molar-refractivity contribution in [2.45, 2.75) is 36.0 Å². The van der Waals surface area contributed by atoms with Crippen LogP contribution in [0.5, 0.6) is 0 Å². The Hall–Kier alpha value is -2.54. The van der Waals surface area contributed by atoms with Gasteiger partial charge < -0.3 is 14.2 Å². The second-order valence-corrected chi connectivity index (χ2v) is 10.3. The molecule has 1 aromatic heterocycles. The van der Waals surface area contributed by atoms with Crippen LogP contribution in [0.2, 0.25) is 5.02 Å². The van der Waals surface area contributed by atoms with Gasteiger partial charge in [0, 0.05) is 52.7 Å². The molecular formula is C26H25ClN2O3S. The number of rotatable bonds is 3. The third-order valence-electron chi connectivity index (χ3n) is 6.47. The molecule has 170 valence electrons. The van der Waals surface area contributed by atoms with Crippen molar-refractivity contribution in [1.29, 1.82) is 0 Å². The van der Waals surface area contributed by atoms with Gasteiger partial charge in [0.1, 0.15) is 5.56 Å². The van der Waals surface area contributed by atoms with Crippen LogP contribution in [0.4, 0.5) is 0 Å². The van der Waals surface area contributed by atoms with Crippen LogP contribution in [0.1, 0.15) is 39.0 Å². The van der Waals surface area contributed by atoms with E-state index >= 15 is 0 Å². The molecular weight excluding hydrogens is 456 g/mol. The van der Waals surface area contributed by atoms with Crippen molar-refractivity contribution < 1.29 is 9.53 Å². The summed E-state index contributed by atoms with van der Waals surface area (Å²) in [4.78, 5) is 29.7. The first-order valence-corrected chi connectivity index (χ1v) is 12.3. The van der Waals surface area contributed by atoms with E-state index in [2.05, 4.69) is 16.7 Å². The summed E-state index contributed by atoms with van der Waals surface area (Å²) in [5, 5.41) is 0.692. The smallest absolute Gasteiger partial charge is 0.259 e. The van der Waals surface area contributed by atoms with Gasteiger partial charge in [-0.1, -0.05) is 41.9 Å². The van der Waals surface area contributed by atoms with Crippen molar-refractivity contribution in [3.05, 3.63) is 92.4 Å². The minimum absolute atomic E-state index is 0.0185. The quantitative estimate of drug-likeness (QED) is 0.526. The predicted octanol–water partition coefficient (Wildman–Crippen LogP) is 5.05. The van der Waals surface area contributed by atoms with E-state index in [0.717, 1.165) is 34.0 Å². The normalized spacial score (nSPS) is 19.5. The third kappa shape index (κ3) is 4.12. The van der Waals surface area contributed by atoms with E-state index in [4.69, 9.17) is 16.3 Å². The Balaban J connectivity index is 1.72. The first-order valence-electron chi connectivity index (χ1n) is 11.1. The Kier molecular flexibility index (Phi) is 6.08. The number of aromatic nitrogens is 1. The molecule has 3 heterocycles. The van der Waals surface area contributed by atoms with E-state index in [1.165, 1.54) is 0 Å². The monoisotopic (exact) mass is 480 g/mol. The molecule has 7 heteroatoms. The van der Waals surface area contributed by atoms with Gasteiger partial charge in [0.05, 0.1) is 18.3 Å². The highest BCUT2D eigenvalue weighted by Crippen LogP contribution is 2.45. The molecule has 1 saturated heterocycles. The van der Waals surface area contributed by atoms with Gasteiger partial charge in [-0.3, -0.25) is 9.59 Å². The number of halogens is 1. The Bertz CT molecular complexity index is 1270. The van der Waals surface area contributed by atoms with Crippen LogP contribution in [0.25, 0.3) is 5.69 Å². The maximum absolute atomic E-state index is 13.7. The summed E-state index contributed by atoms with van der Waals surface area (Å²) in [6.07, 6.45) is 1.33. The Morgan fingerprint density at radius 2 is 1.97 bits per heavy atom. The van der Waals surface area contributed by atoms with Gasteiger partial charge in [-0.25, -0.2) is 0 Å². The number of benzene rings is 2. The molecule has 1 amide bonds. The number of nitrogens with zero attached hydrogens (tertiary/aromatic N) is 2. The number of carbonyl (C=O) groups is 1. The van der Waals surface area contributed by atoms with E-state index in [9.17, 15) is 9.59 Å². The van der Waals surface area contributed by atoms with Crippen molar-refractivity contribution in [2.24, 2.45) is 0 Å². The van der Waals surface area contributed by atoms with E-state index < -0.39 is 0 Å². The molecule has 0 saturated carbocycles. The second kappa shape index (κ2) is 9.01. The number of fused-ring (bicyclic) bond motifs is 3. The van der Waals surface area contributed by atoms with Gasteiger partial charge in [-0.2, -0.15) is 0 Å². The molecule has 0 bridgehead atoms. The molecule has 2 aliphatic rings. The molecule has 5 nitrogen and oxygen atoms in total. The molecule has 2 atom stereocenters. The van der Waals surface area contributed by atoms with Gasteiger partial charge >= 0.3 is 0 Å². The number of hydrogen-bond donors (Lipinski definition) is 0. The summed E-state index contributed by atoms with van der Waals surface area (Å²) in [6.45, 7) is 3.05. The molecule has 33 heavy (non-hydrogen) atoms. The average Bonchev–Trinajstić information content (AvgIpc) is 3.28. The summed E-state index contributed by atoms with van der Waals surface area (Å²) in [6, 6.07) is 17.6. The SMILES string of the molecule is Cc1cc(=O)c(C(=O)N(C)[C@@H]2CCOC2)c2n1-c1ccc(Cl)cc1S[C@@H](c1ccccc1)C2. The summed E-state index contributed by atoms with van der Waals surface area (Å²) in [5.41, 5.74) is 3.65. The standard InChI is InChI=1S/C26H25ClN2O3S/c1-16-12-22(30)25(26(31)28(2)19-10-11-32-15-19)21-14-23(17-6-4-3-5-7-17)33-24-13-18(27)8-9-20(24)29(16)21/h3-9,12-13,19,23H,10-11,14-15H2,1-2H3/t19-,23-/m1/s1. The van der Waals surface area contributed by atoms with Crippen LogP contribution in [0, 0.1) is 6.92 Å². The molecule has 0 N–H and O–H groups in total. The zero-order valence-electron chi connectivity index (χ0n) is 18.6. The fourth-order valence-corrected chi connectivity index (χ4v) is 6.26. The largest absolute Gasteiger partial charge is 0.379 e. The Morgan fingerprint density at radius 3 is 2.70 bits per heavy atom. The molecule has 0 unspecified atom stereocenters. The van der Waals surface area contributed by atoms with Gasteiger partial charge in [-0.05, 0) is 37.1 Å². The zero-order valence-corrected chi connectivity index (χ0v) is 20.2. The third-order valence-corrected chi connectivity index (χ3v) is 8.01. The second-order valence-electron chi connectivity index (χ2n) is 8.57. The minimum atomic E-state index is -0.242. The van der Waals surface area contributed by atoms with Gasteiger partial charge in [-0.15, -0.1) is 11.8 Å². The van der Waals surface area contributed by atoms with Crippen LogP contribution in [0.15, 0.2) is 64.3 Å². The van der Waals surface area contributed by atoms with Crippen molar-refractivity contribution in [3.63, 3.8) is 0 Å². The summed E-state index contributed by atoms with van der Waals surface area (Å²) in [5.74, 6) is -0.242. The van der Waals surface area contributed by atoms with Crippen molar-refractivity contribution in [3.8, 4) is 5.69 Å². The summed E-state index contributed by atoms with van der Waals surface area (Å²) >= 11 is 8.08. The number of ether oxygens (including phenoxy) is 1. The number of aryl methyl sites for hydroxylation is 1. The lowest BCUT2D eigenvalue weighted by Gasteiger charge is -2.26. The molecule has 0 aliphatic carbocycles. The molecule has 1 fully saturated rings. The lowest BCUT2D eigenvalue weighted by Crippen LogP contribution is -2.41.